The zero-order valence-corrected chi connectivity index (χ0v) is 9.80. The van der Waals surface area contributed by atoms with Crippen LogP contribution >= 0.6 is 11.6 Å². The summed E-state index contributed by atoms with van der Waals surface area (Å²) in [5.74, 6) is -1.71. The predicted molar refractivity (Wildman–Crippen MR) is 62.5 cm³/mol. The number of nitrogens with zero attached hydrogens (tertiary/aromatic N) is 1. The van der Waals surface area contributed by atoms with Crippen LogP contribution < -0.4 is 11.1 Å². The monoisotopic (exact) mass is 263 g/mol. The molecule has 0 radical (unpaired) electrons. The molecule has 0 spiro atoms. The summed E-state index contributed by atoms with van der Waals surface area (Å²) >= 11 is 5.70. The maximum Gasteiger partial charge on any atom is 0.161 e. The van der Waals surface area contributed by atoms with Gasteiger partial charge in [-0.3, -0.25) is 0 Å². The summed E-state index contributed by atoms with van der Waals surface area (Å²) < 4.78 is 26.3. The number of nitrogens with two attached hydrogens (primary N) is 1. The van der Waals surface area contributed by atoms with Crippen LogP contribution in [0.25, 0.3) is 0 Å². The van der Waals surface area contributed by atoms with Gasteiger partial charge in [0.15, 0.2) is 11.7 Å². The van der Waals surface area contributed by atoms with Crippen molar-refractivity contribution in [1.29, 1.82) is 0 Å². The van der Waals surface area contributed by atoms with Gasteiger partial charge in [0.25, 0.3) is 0 Å². The van der Waals surface area contributed by atoms with Gasteiger partial charge in [0.1, 0.15) is 5.82 Å². The average Bonchev–Trinajstić information content (AvgIpc) is 2.27. The number of benzene rings is 1. The number of hydrogen-bond donors (Lipinski definition) is 3. The minimum Gasteiger partial charge on any atom is -0.409 e. The topological polar surface area (TPSA) is 70.6 Å². The van der Waals surface area contributed by atoms with Gasteiger partial charge in [0.2, 0.25) is 0 Å². The molecule has 0 saturated carbocycles. The van der Waals surface area contributed by atoms with Gasteiger partial charge in [-0.1, -0.05) is 23.7 Å². The zero-order valence-electron chi connectivity index (χ0n) is 9.04. The molecule has 0 aliphatic heterocycles. The molecule has 0 aliphatic carbocycles. The number of amidine groups is 1. The fourth-order valence-electron chi connectivity index (χ4n) is 1.31. The van der Waals surface area contributed by atoms with Crippen molar-refractivity contribution in [2.45, 2.75) is 19.4 Å². The van der Waals surface area contributed by atoms with E-state index in [9.17, 15) is 8.78 Å². The molecule has 1 atom stereocenters. The summed E-state index contributed by atoms with van der Waals surface area (Å²) in [7, 11) is 0. The Bertz CT molecular complexity index is 417. The van der Waals surface area contributed by atoms with Crippen molar-refractivity contribution >= 4 is 23.1 Å². The van der Waals surface area contributed by atoms with Gasteiger partial charge in [0, 0.05) is 6.07 Å². The van der Waals surface area contributed by atoms with Crippen LogP contribution in [-0.2, 0) is 0 Å². The SMILES string of the molecule is CCC(Nc1c(F)cc(F)cc1Cl)C(N)=NO. The van der Waals surface area contributed by atoms with Crippen LogP contribution in [0.4, 0.5) is 14.5 Å². The zero-order chi connectivity index (χ0) is 13.0. The van der Waals surface area contributed by atoms with E-state index in [4.69, 9.17) is 22.5 Å². The smallest absolute Gasteiger partial charge is 0.161 e. The Kier molecular flexibility index (Phi) is 4.51. The molecule has 0 aromatic heterocycles. The van der Waals surface area contributed by atoms with Crippen LogP contribution in [-0.4, -0.2) is 17.1 Å². The van der Waals surface area contributed by atoms with Gasteiger partial charge in [-0.15, -0.1) is 0 Å². The molecule has 1 rings (SSSR count). The number of halogens is 3. The van der Waals surface area contributed by atoms with E-state index < -0.39 is 17.7 Å². The van der Waals surface area contributed by atoms with Gasteiger partial charge < -0.3 is 16.3 Å². The lowest BCUT2D eigenvalue weighted by molar-refractivity contribution is 0.316. The van der Waals surface area contributed by atoms with Crippen molar-refractivity contribution in [3.05, 3.63) is 28.8 Å². The van der Waals surface area contributed by atoms with Crippen molar-refractivity contribution in [2.24, 2.45) is 10.9 Å². The minimum absolute atomic E-state index is 0.0773. The highest BCUT2D eigenvalue weighted by Gasteiger charge is 2.16. The molecule has 94 valence electrons. The first-order chi connectivity index (χ1) is 7.99. The number of nitrogens with one attached hydrogen (secondary N) is 1. The lowest BCUT2D eigenvalue weighted by atomic mass is 10.2. The Morgan fingerprint density at radius 2 is 2.24 bits per heavy atom. The van der Waals surface area contributed by atoms with Crippen LogP contribution in [0.15, 0.2) is 17.3 Å². The van der Waals surface area contributed by atoms with Gasteiger partial charge in [-0.2, -0.15) is 0 Å². The van der Waals surface area contributed by atoms with Crippen molar-refractivity contribution < 1.29 is 14.0 Å². The van der Waals surface area contributed by atoms with Gasteiger partial charge in [-0.25, -0.2) is 8.78 Å². The molecule has 17 heavy (non-hydrogen) atoms. The molecule has 0 amide bonds. The first-order valence-corrected chi connectivity index (χ1v) is 5.25. The normalized spacial score (nSPS) is 13.5. The maximum atomic E-state index is 13.4. The van der Waals surface area contributed by atoms with Gasteiger partial charge in [0.05, 0.1) is 16.8 Å². The summed E-state index contributed by atoms with van der Waals surface area (Å²) in [4.78, 5) is 0. The van der Waals surface area contributed by atoms with E-state index in [2.05, 4.69) is 10.5 Å². The first-order valence-electron chi connectivity index (χ1n) is 4.88. The third kappa shape index (κ3) is 3.20. The largest absolute Gasteiger partial charge is 0.409 e. The van der Waals surface area contributed by atoms with Gasteiger partial charge >= 0.3 is 0 Å². The van der Waals surface area contributed by atoms with E-state index in [0.29, 0.717) is 12.5 Å². The van der Waals surface area contributed by atoms with E-state index in [1.54, 1.807) is 6.92 Å². The highest BCUT2D eigenvalue weighted by molar-refractivity contribution is 6.33. The van der Waals surface area contributed by atoms with Crippen molar-refractivity contribution in [3.8, 4) is 0 Å². The second-order valence-corrected chi connectivity index (χ2v) is 3.78. The van der Waals surface area contributed by atoms with Crippen molar-refractivity contribution in [3.63, 3.8) is 0 Å². The Labute approximate surface area is 102 Å². The molecule has 0 aliphatic rings. The lowest BCUT2D eigenvalue weighted by Gasteiger charge is -2.18. The summed E-state index contributed by atoms with van der Waals surface area (Å²) in [5, 5.41) is 13.9. The number of rotatable bonds is 4. The first kappa shape index (κ1) is 13.5. The Balaban J connectivity index is 3.02. The van der Waals surface area contributed by atoms with E-state index in [1.165, 1.54) is 0 Å². The average molecular weight is 264 g/mol. The quantitative estimate of drug-likeness (QED) is 0.338. The second kappa shape index (κ2) is 5.67. The molecule has 4 nitrogen and oxygen atoms in total. The van der Waals surface area contributed by atoms with E-state index in [-0.39, 0.29) is 16.5 Å². The summed E-state index contributed by atoms with van der Waals surface area (Å²) in [6.45, 7) is 1.75. The molecular formula is C10H12ClF2N3O. The maximum absolute atomic E-state index is 13.4. The molecule has 0 fully saturated rings. The van der Waals surface area contributed by atoms with E-state index in [0.717, 1.165) is 6.07 Å². The van der Waals surface area contributed by atoms with Crippen LogP contribution in [0.1, 0.15) is 13.3 Å². The number of oxime groups is 1. The van der Waals surface area contributed by atoms with Crippen LogP contribution in [0, 0.1) is 11.6 Å². The Morgan fingerprint density at radius 3 is 2.71 bits per heavy atom. The van der Waals surface area contributed by atoms with Crippen LogP contribution in [0.3, 0.4) is 0 Å². The Morgan fingerprint density at radius 1 is 1.59 bits per heavy atom. The highest BCUT2D eigenvalue weighted by atomic mass is 35.5. The van der Waals surface area contributed by atoms with Crippen LogP contribution in [0.5, 0.6) is 0 Å². The molecule has 0 heterocycles. The number of hydrogen-bond acceptors (Lipinski definition) is 3. The van der Waals surface area contributed by atoms with E-state index >= 15 is 0 Å². The van der Waals surface area contributed by atoms with Crippen LogP contribution in [0.2, 0.25) is 5.02 Å². The standard InChI is InChI=1S/C10H12ClF2N3O/c1-2-8(10(14)16-17)15-9-6(11)3-5(12)4-7(9)13/h3-4,8,15,17H,2H2,1H3,(H2,14,16). The molecule has 0 saturated heterocycles. The minimum atomic E-state index is -0.834. The molecule has 4 N–H and O–H groups in total. The summed E-state index contributed by atoms with van der Waals surface area (Å²) in [6.07, 6.45) is 0.447. The van der Waals surface area contributed by atoms with E-state index in [1.807, 2.05) is 0 Å². The van der Waals surface area contributed by atoms with Gasteiger partial charge in [-0.05, 0) is 12.5 Å². The fourth-order valence-corrected chi connectivity index (χ4v) is 1.56. The second-order valence-electron chi connectivity index (χ2n) is 3.37. The Hall–Kier alpha value is -1.56. The molecule has 1 aromatic rings. The third-order valence-corrected chi connectivity index (χ3v) is 2.50. The lowest BCUT2D eigenvalue weighted by Crippen LogP contribution is -2.35. The molecule has 1 aromatic carbocycles. The molecular weight excluding hydrogens is 252 g/mol. The molecule has 1 unspecified atom stereocenters. The van der Waals surface area contributed by atoms with Crippen molar-refractivity contribution in [1.82, 2.24) is 0 Å². The fraction of sp³-hybridized carbons (Fsp3) is 0.300. The molecule has 7 heteroatoms. The van der Waals surface area contributed by atoms with Crippen molar-refractivity contribution in [2.75, 3.05) is 5.32 Å². The third-order valence-electron chi connectivity index (χ3n) is 2.21. The summed E-state index contributed by atoms with van der Waals surface area (Å²) in [5.41, 5.74) is 5.33. The highest BCUT2D eigenvalue weighted by Crippen LogP contribution is 2.27. The molecule has 0 bridgehead atoms. The summed E-state index contributed by atoms with van der Waals surface area (Å²) in [6, 6.07) is 1.09. The number of anilines is 1. The predicted octanol–water partition coefficient (Wildman–Crippen LogP) is 2.56.